The van der Waals surface area contributed by atoms with Crippen molar-refractivity contribution < 1.29 is 9.53 Å². The van der Waals surface area contributed by atoms with Gasteiger partial charge in [0.2, 0.25) is 0 Å². The van der Waals surface area contributed by atoms with Gasteiger partial charge in [-0.1, -0.05) is 35.3 Å². The molecule has 1 fully saturated rings. The summed E-state index contributed by atoms with van der Waals surface area (Å²) in [7, 11) is 1.64. The minimum atomic E-state index is -0.164. The summed E-state index contributed by atoms with van der Waals surface area (Å²) in [5.41, 5.74) is 2.14. The summed E-state index contributed by atoms with van der Waals surface area (Å²) >= 11 is 12.0. The Morgan fingerprint density at radius 1 is 1.10 bits per heavy atom. The van der Waals surface area contributed by atoms with Crippen LogP contribution in [0, 0.1) is 0 Å². The number of anilines is 1. The molecule has 31 heavy (non-hydrogen) atoms. The molecule has 1 N–H and O–H groups in total. The predicted molar refractivity (Wildman–Crippen MR) is 123 cm³/mol. The highest BCUT2D eigenvalue weighted by molar-refractivity contribution is 6.42. The molecular weight excluding hydrogens is 435 g/mol. The lowest BCUT2D eigenvalue weighted by Crippen LogP contribution is -2.48. The molecule has 1 aliphatic rings. The van der Waals surface area contributed by atoms with Gasteiger partial charge in [0.25, 0.3) is 5.91 Å². The van der Waals surface area contributed by atoms with Crippen LogP contribution in [-0.4, -0.2) is 42.3 Å². The third-order valence-electron chi connectivity index (χ3n) is 5.30. The van der Waals surface area contributed by atoms with Gasteiger partial charge in [-0.25, -0.2) is 0 Å². The number of carbonyl (C=O) groups is 1. The molecule has 8 heteroatoms. The van der Waals surface area contributed by atoms with Gasteiger partial charge in [-0.3, -0.25) is 4.79 Å². The third-order valence-corrected chi connectivity index (χ3v) is 6.03. The lowest BCUT2D eigenvalue weighted by atomic mass is 10.0. The Morgan fingerprint density at radius 3 is 2.68 bits per heavy atom. The van der Waals surface area contributed by atoms with E-state index in [2.05, 4.69) is 20.4 Å². The molecule has 0 aliphatic carbocycles. The number of hydrogen-bond acceptors (Lipinski definition) is 5. The lowest BCUT2D eigenvalue weighted by Gasteiger charge is -2.33. The molecule has 0 saturated carbocycles. The largest absolute Gasteiger partial charge is 0.496 e. The smallest absolute Gasteiger partial charge is 0.251 e. The molecular formula is C23H22Cl2N4O2. The number of halogens is 2. The fourth-order valence-electron chi connectivity index (χ4n) is 3.70. The normalized spacial score (nSPS) is 16.1. The number of para-hydroxylation sites is 1. The highest BCUT2D eigenvalue weighted by Gasteiger charge is 2.23. The summed E-state index contributed by atoms with van der Waals surface area (Å²) in [6.07, 6.45) is 1.85. The summed E-state index contributed by atoms with van der Waals surface area (Å²) in [4.78, 5) is 14.8. The minimum Gasteiger partial charge on any atom is -0.496 e. The van der Waals surface area contributed by atoms with Crippen LogP contribution in [0.2, 0.25) is 10.0 Å². The highest BCUT2D eigenvalue weighted by atomic mass is 35.5. The number of methoxy groups -OCH3 is 1. The van der Waals surface area contributed by atoms with E-state index < -0.39 is 0 Å². The molecule has 1 atom stereocenters. The third kappa shape index (κ3) is 4.92. The average molecular weight is 457 g/mol. The Hall–Kier alpha value is -2.83. The van der Waals surface area contributed by atoms with Crippen LogP contribution in [0.1, 0.15) is 23.2 Å². The number of benzene rings is 2. The second kappa shape index (κ2) is 9.54. The zero-order valence-electron chi connectivity index (χ0n) is 17.0. The summed E-state index contributed by atoms with van der Waals surface area (Å²) < 4.78 is 5.41. The Labute approximate surface area is 191 Å². The van der Waals surface area contributed by atoms with Crippen LogP contribution < -0.4 is 15.0 Å². The highest BCUT2D eigenvalue weighted by Crippen LogP contribution is 2.29. The van der Waals surface area contributed by atoms with Crippen molar-refractivity contribution in [3.05, 3.63) is 70.2 Å². The van der Waals surface area contributed by atoms with E-state index in [1.54, 1.807) is 25.3 Å². The number of nitrogens with zero attached hydrogens (tertiary/aromatic N) is 3. The van der Waals surface area contributed by atoms with E-state index in [1.807, 2.05) is 36.4 Å². The maximum absolute atomic E-state index is 12.6. The Balaban J connectivity index is 1.43. The Morgan fingerprint density at radius 2 is 1.94 bits per heavy atom. The zero-order valence-corrected chi connectivity index (χ0v) is 18.5. The number of rotatable bonds is 5. The number of ether oxygens (including phenoxy) is 1. The molecule has 2 aromatic carbocycles. The first-order valence-electron chi connectivity index (χ1n) is 10.0. The number of aromatic nitrogens is 2. The van der Waals surface area contributed by atoms with E-state index in [4.69, 9.17) is 27.9 Å². The Kier molecular flexibility index (Phi) is 6.59. The number of piperidine rings is 1. The van der Waals surface area contributed by atoms with E-state index in [9.17, 15) is 4.79 Å². The molecule has 1 saturated heterocycles. The molecule has 1 aliphatic heterocycles. The van der Waals surface area contributed by atoms with Crippen LogP contribution in [0.25, 0.3) is 11.3 Å². The summed E-state index contributed by atoms with van der Waals surface area (Å²) in [5, 5.41) is 12.7. The number of nitrogens with one attached hydrogen (secondary N) is 1. The van der Waals surface area contributed by atoms with Crippen LogP contribution in [0.5, 0.6) is 5.75 Å². The number of carbonyl (C=O) groups excluding carboxylic acids is 1. The molecule has 0 radical (unpaired) electrons. The molecule has 0 bridgehead atoms. The first kappa shape index (κ1) is 21.4. The van der Waals surface area contributed by atoms with Crippen molar-refractivity contribution in [1.29, 1.82) is 0 Å². The number of hydrogen-bond donors (Lipinski definition) is 1. The SMILES string of the molecule is COc1ccccc1-c1ccc(N2CCCC(NC(=O)c3ccc(Cl)c(Cl)c3)C2)nn1. The summed E-state index contributed by atoms with van der Waals surface area (Å²) in [5.74, 6) is 1.38. The maximum Gasteiger partial charge on any atom is 0.251 e. The first-order chi connectivity index (χ1) is 15.0. The molecule has 0 spiro atoms. The van der Waals surface area contributed by atoms with Crippen LogP contribution >= 0.6 is 23.2 Å². The molecule has 4 rings (SSSR count). The van der Waals surface area contributed by atoms with Gasteiger partial charge in [-0.05, 0) is 55.3 Å². The second-order valence-corrected chi connectivity index (χ2v) is 8.18. The van der Waals surface area contributed by atoms with Crippen molar-refractivity contribution in [2.75, 3.05) is 25.1 Å². The van der Waals surface area contributed by atoms with Gasteiger partial charge in [-0.15, -0.1) is 10.2 Å². The van der Waals surface area contributed by atoms with E-state index in [1.165, 1.54) is 0 Å². The van der Waals surface area contributed by atoms with Gasteiger partial charge >= 0.3 is 0 Å². The minimum absolute atomic E-state index is 0.00592. The van der Waals surface area contributed by atoms with Gasteiger partial charge in [0.05, 0.1) is 22.8 Å². The molecule has 6 nitrogen and oxygen atoms in total. The second-order valence-electron chi connectivity index (χ2n) is 7.36. The zero-order chi connectivity index (χ0) is 21.8. The molecule has 1 amide bonds. The van der Waals surface area contributed by atoms with Crippen LogP contribution in [0.15, 0.2) is 54.6 Å². The lowest BCUT2D eigenvalue weighted by molar-refractivity contribution is 0.0933. The van der Waals surface area contributed by atoms with Crippen LogP contribution in [-0.2, 0) is 0 Å². The quantitative estimate of drug-likeness (QED) is 0.593. The van der Waals surface area contributed by atoms with E-state index in [-0.39, 0.29) is 11.9 Å². The van der Waals surface area contributed by atoms with Crippen molar-refractivity contribution in [1.82, 2.24) is 15.5 Å². The predicted octanol–water partition coefficient (Wildman–Crippen LogP) is 4.86. The first-order valence-corrected chi connectivity index (χ1v) is 10.8. The van der Waals surface area contributed by atoms with Crippen molar-refractivity contribution in [2.24, 2.45) is 0 Å². The van der Waals surface area contributed by atoms with E-state index in [0.29, 0.717) is 22.2 Å². The molecule has 160 valence electrons. The Bertz CT molecular complexity index is 1080. The van der Waals surface area contributed by atoms with Gasteiger partial charge in [0, 0.05) is 30.3 Å². The van der Waals surface area contributed by atoms with Gasteiger partial charge in [0.15, 0.2) is 5.82 Å². The molecule has 1 unspecified atom stereocenters. The van der Waals surface area contributed by atoms with Gasteiger partial charge in [0.1, 0.15) is 5.75 Å². The fraction of sp³-hybridized carbons (Fsp3) is 0.261. The van der Waals surface area contributed by atoms with Crippen molar-refractivity contribution in [2.45, 2.75) is 18.9 Å². The topological polar surface area (TPSA) is 67.3 Å². The average Bonchev–Trinajstić information content (AvgIpc) is 2.81. The van der Waals surface area contributed by atoms with E-state index >= 15 is 0 Å². The molecule has 1 aromatic heterocycles. The van der Waals surface area contributed by atoms with Gasteiger partial charge < -0.3 is 15.0 Å². The van der Waals surface area contributed by atoms with Crippen LogP contribution in [0.3, 0.4) is 0 Å². The summed E-state index contributed by atoms with van der Waals surface area (Å²) in [6.45, 7) is 1.53. The standard InChI is InChI=1S/C23H22Cl2N4O2/c1-31-21-7-3-2-6-17(21)20-10-11-22(28-27-20)29-12-4-5-16(14-29)26-23(30)15-8-9-18(24)19(25)13-15/h2-3,6-11,13,16H,4-5,12,14H2,1H3,(H,26,30). The van der Waals surface area contributed by atoms with Gasteiger partial charge in [-0.2, -0.15) is 0 Å². The van der Waals surface area contributed by atoms with Crippen molar-refractivity contribution in [3.63, 3.8) is 0 Å². The molecule has 2 heterocycles. The van der Waals surface area contributed by atoms with Crippen molar-refractivity contribution >= 4 is 34.9 Å². The summed E-state index contributed by atoms with van der Waals surface area (Å²) in [6, 6.07) is 16.5. The van der Waals surface area contributed by atoms with Crippen LogP contribution in [0.4, 0.5) is 5.82 Å². The number of amides is 1. The molecule has 3 aromatic rings. The monoisotopic (exact) mass is 456 g/mol. The van der Waals surface area contributed by atoms with E-state index in [0.717, 1.165) is 42.2 Å². The fourth-order valence-corrected chi connectivity index (χ4v) is 4.00. The maximum atomic E-state index is 12.6. The van der Waals surface area contributed by atoms with Crippen molar-refractivity contribution in [3.8, 4) is 17.0 Å².